The van der Waals surface area contributed by atoms with Crippen molar-refractivity contribution in [3.8, 4) is 0 Å². The van der Waals surface area contributed by atoms with Crippen LogP contribution in [0.4, 0.5) is 0 Å². The van der Waals surface area contributed by atoms with E-state index in [0.717, 1.165) is 11.3 Å². The van der Waals surface area contributed by atoms with Crippen LogP contribution in [0, 0.1) is 6.92 Å². The predicted octanol–water partition coefficient (Wildman–Crippen LogP) is 2.07. The van der Waals surface area contributed by atoms with Gasteiger partial charge in [0, 0.05) is 0 Å². The smallest absolute Gasteiger partial charge is 0.348 e. The number of rotatable bonds is 5. The first-order valence-corrected chi connectivity index (χ1v) is 8.03. The number of carbonyl (C=O) groups excluding carboxylic acids is 2. The topological polar surface area (TPSA) is 87.5 Å². The van der Waals surface area contributed by atoms with Crippen LogP contribution >= 0.6 is 11.3 Å². The van der Waals surface area contributed by atoms with Crippen LogP contribution in [0.15, 0.2) is 11.1 Å². The molecule has 0 aliphatic carbocycles. The zero-order chi connectivity index (χ0) is 17.1. The van der Waals surface area contributed by atoms with Crippen LogP contribution in [0.5, 0.6) is 0 Å². The number of aryl methyl sites for hydroxylation is 1. The van der Waals surface area contributed by atoms with Gasteiger partial charge in [0.2, 0.25) is 0 Å². The summed E-state index contributed by atoms with van der Waals surface area (Å²) < 4.78 is 11.0. The molecule has 0 bridgehead atoms. The summed E-state index contributed by atoms with van der Waals surface area (Å²) in [5, 5.41) is 0.336. The van der Waals surface area contributed by atoms with Crippen molar-refractivity contribution < 1.29 is 19.1 Å². The number of aromatic nitrogens is 2. The Morgan fingerprint density at radius 1 is 1.39 bits per heavy atom. The lowest BCUT2D eigenvalue weighted by Gasteiger charge is -2.15. The molecule has 2 aromatic heterocycles. The van der Waals surface area contributed by atoms with Crippen molar-refractivity contribution in [1.29, 1.82) is 0 Å². The maximum atomic E-state index is 12.7. The molecular weight excluding hydrogens is 320 g/mol. The third kappa shape index (κ3) is 2.98. The van der Waals surface area contributed by atoms with Crippen LogP contribution in [0.2, 0.25) is 0 Å². The van der Waals surface area contributed by atoms with E-state index in [-0.39, 0.29) is 12.2 Å². The van der Waals surface area contributed by atoms with Gasteiger partial charge < -0.3 is 9.47 Å². The molecule has 7 nitrogen and oxygen atoms in total. The van der Waals surface area contributed by atoms with Crippen molar-refractivity contribution >= 4 is 33.5 Å². The minimum Gasteiger partial charge on any atom is -0.467 e. The fourth-order valence-electron chi connectivity index (χ4n) is 2.36. The quantitative estimate of drug-likeness (QED) is 0.776. The molecule has 124 valence electrons. The SMILES string of the molecule is CCOC(=O)c1sc2ncn([C@@H](CC)C(=O)OC)c(=O)c2c1C. The molecule has 23 heavy (non-hydrogen) atoms. The van der Waals surface area contributed by atoms with Crippen LogP contribution in [-0.4, -0.2) is 35.2 Å². The largest absolute Gasteiger partial charge is 0.467 e. The van der Waals surface area contributed by atoms with Crippen molar-refractivity contribution in [2.75, 3.05) is 13.7 Å². The third-order valence-electron chi connectivity index (χ3n) is 3.53. The second-order valence-electron chi connectivity index (χ2n) is 4.86. The lowest BCUT2D eigenvalue weighted by Crippen LogP contribution is -2.30. The van der Waals surface area contributed by atoms with E-state index < -0.39 is 18.0 Å². The maximum absolute atomic E-state index is 12.7. The van der Waals surface area contributed by atoms with E-state index >= 15 is 0 Å². The molecule has 0 unspecified atom stereocenters. The number of thiophene rings is 1. The summed E-state index contributed by atoms with van der Waals surface area (Å²) in [6, 6.07) is -0.741. The van der Waals surface area contributed by atoms with E-state index in [1.807, 2.05) is 0 Å². The van der Waals surface area contributed by atoms with Gasteiger partial charge in [-0.1, -0.05) is 6.92 Å². The molecule has 0 N–H and O–H groups in total. The van der Waals surface area contributed by atoms with Gasteiger partial charge in [0.05, 0.1) is 25.4 Å². The highest BCUT2D eigenvalue weighted by molar-refractivity contribution is 7.20. The minimum absolute atomic E-state index is 0.254. The summed E-state index contributed by atoms with van der Waals surface area (Å²) in [5.74, 6) is -0.979. The Morgan fingerprint density at radius 3 is 2.65 bits per heavy atom. The van der Waals surface area contributed by atoms with Crippen LogP contribution in [0.25, 0.3) is 10.2 Å². The molecule has 0 aliphatic heterocycles. The third-order valence-corrected chi connectivity index (χ3v) is 4.71. The van der Waals surface area contributed by atoms with Gasteiger partial charge in [-0.15, -0.1) is 11.3 Å². The standard InChI is InChI=1S/C15H18N2O5S/c1-5-9(14(19)21-4)17-7-16-12-10(13(17)18)8(3)11(23-12)15(20)22-6-2/h7,9H,5-6H2,1-4H3/t9-/m0/s1. The Kier molecular flexibility index (Phi) is 5.15. The van der Waals surface area contributed by atoms with E-state index in [2.05, 4.69) is 4.98 Å². The highest BCUT2D eigenvalue weighted by Crippen LogP contribution is 2.28. The first kappa shape index (κ1) is 17.1. The molecule has 0 amide bonds. The van der Waals surface area contributed by atoms with Gasteiger partial charge in [-0.3, -0.25) is 9.36 Å². The molecule has 0 spiro atoms. The summed E-state index contributed by atoms with van der Waals surface area (Å²) in [6.45, 7) is 5.43. The Balaban J connectivity index is 2.63. The molecule has 0 saturated carbocycles. The average Bonchev–Trinajstić information content (AvgIpc) is 2.88. The number of carbonyl (C=O) groups is 2. The summed E-state index contributed by atoms with van der Waals surface area (Å²) in [5.41, 5.74) is 0.159. The molecular formula is C15H18N2O5S. The number of esters is 2. The van der Waals surface area contributed by atoms with Crippen LogP contribution < -0.4 is 5.56 Å². The van der Waals surface area contributed by atoms with Crippen LogP contribution in [0.1, 0.15) is 41.5 Å². The van der Waals surface area contributed by atoms with Crippen molar-refractivity contribution in [3.05, 3.63) is 27.1 Å². The lowest BCUT2D eigenvalue weighted by molar-refractivity contribution is -0.144. The van der Waals surface area contributed by atoms with Crippen molar-refractivity contribution in [2.24, 2.45) is 0 Å². The van der Waals surface area contributed by atoms with Gasteiger partial charge in [-0.2, -0.15) is 0 Å². The highest BCUT2D eigenvalue weighted by Gasteiger charge is 2.25. The van der Waals surface area contributed by atoms with Gasteiger partial charge >= 0.3 is 11.9 Å². The zero-order valence-electron chi connectivity index (χ0n) is 13.4. The van der Waals surface area contributed by atoms with E-state index in [4.69, 9.17) is 9.47 Å². The molecule has 0 saturated heterocycles. The predicted molar refractivity (Wildman–Crippen MR) is 85.9 cm³/mol. The van der Waals surface area contributed by atoms with E-state index in [0.29, 0.717) is 27.1 Å². The molecule has 2 aromatic rings. The van der Waals surface area contributed by atoms with Gasteiger partial charge in [0.1, 0.15) is 15.7 Å². The second-order valence-corrected chi connectivity index (χ2v) is 5.86. The monoisotopic (exact) mass is 338 g/mol. The average molecular weight is 338 g/mol. The molecule has 2 heterocycles. The molecule has 1 atom stereocenters. The highest BCUT2D eigenvalue weighted by atomic mass is 32.1. The number of nitrogens with zero attached hydrogens (tertiary/aromatic N) is 2. The Labute approximate surface area is 136 Å². The van der Waals surface area contributed by atoms with Gasteiger partial charge in [0.15, 0.2) is 0 Å². The second kappa shape index (κ2) is 6.91. The summed E-state index contributed by atoms with van der Waals surface area (Å²) in [4.78, 5) is 41.5. The number of hydrogen-bond donors (Lipinski definition) is 0. The Hall–Kier alpha value is -2.22. The van der Waals surface area contributed by atoms with Gasteiger partial charge in [-0.05, 0) is 25.8 Å². The molecule has 2 rings (SSSR count). The summed E-state index contributed by atoms with van der Waals surface area (Å²) in [6.07, 6.45) is 1.72. The molecule has 0 fully saturated rings. The minimum atomic E-state index is -0.741. The zero-order valence-corrected chi connectivity index (χ0v) is 14.2. The first-order valence-electron chi connectivity index (χ1n) is 7.21. The fourth-order valence-corrected chi connectivity index (χ4v) is 3.40. The number of fused-ring (bicyclic) bond motifs is 1. The summed E-state index contributed by atoms with van der Waals surface area (Å²) >= 11 is 1.11. The van der Waals surface area contributed by atoms with E-state index in [1.54, 1.807) is 20.8 Å². The lowest BCUT2D eigenvalue weighted by atomic mass is 10.2. The van der Waals surface area contributed by atoms with E-state index in [9.17, 15) is 14.4 Å². The van der Waals surface area contributed by atoms with Crippen LogP contribution in [-0.2, 0) is 14.3 Å². The van der Waals surface area contributed by atoms with Crippen LogP contribution in [0.3, 0.4) is 0 Å². The maximum Gasteiger partial charge on any atom is 0.348 e. The molecule has 0 aliphatic rings. The van der Waals surface area contributed by atoms with Gasteiger partial charge in [-0.25, -0.2) is 14.6 Å². The molecule has 0 aromatic carbocycles. The van der Waals surface area contributed by atoms with Crippen molar-refractivity contribution in [3.63, 3.8) is 0 Å². The fraction of sp³-hybridized carbons (Fsp3) is 0.467. The van der Waals surface area contributed by atoms with Crippen molar-refractivity contribution in [1.82, 2.24) is 9.55 Å². The van der Waals surface area contributed by atoms with Crippen molar-refractivity contribution in [2.45, 2.75) is 33.2 Å². The number of ether oxygens (including phenoxy) is 2. The molecule has 0 radical (unpaired) electrons. The summed E-state index contributed by atoms with van der Waals surface area (Å²) in [7, 11) is 1.27. The van der Waals surface area contributed by atoms with Gasteiger partial charge in [0.25, 0.3) is 5.56 Å². The Bertz CT molecular complexity index is 808. The normalized spacial score (nSPS) is 12.2. The Morgan fingerprint density at radius 2 is 2.09 bits per heavy atom. The molecule has 8 heteroatoms. The first-order chi connectivity index (χ1) is 11.0. The number of hydrogen-bond acceptors (Lipinski definition) is 7. The number of methoxy groups -OCH3 is 1. The van der Waals surface area contributed by atoms with E-state index in [1.165, 1.54) is 18.0 Å².